The molecule has 3 aromatic rings. The van der Waals surface area contributed by atoms with Crippen LogP contribution in [0.25, 0.3) is 6.08 Å². The Labute approximate surface area is 180 Å². The summed E-state index contributed by atoms with van der Waals surface area (Å²) in [4.78, 5) is 24.8. The van der Waals surface area contributed by atoms with Gasteiger partial charge in [0.05, 0.1) is 16.1 Å². The van der Waals surface area contributed by atoms with Crippen LogP contribution in [-0.4, -0.2) is 17.0 Å². The van der Waals surface area contributed by atoms with Crippen LogP contribution in [0.2, 0.25) is 5.02 Å². The van der Waals surface area contributed by atoms with Crippen LogP contribution in [0.5, 0.6) is 11.5 Å². The van der Waals surface area contributed by atoms with Crippen molar-refractivity contribution in [2.24, 2.45) is 0 Å². The van der Waals surface area contributed by atoms with Gasteiger partial charge in [0.1, 0.15) is 17.3 Å². The Morgan fingerprint density at radius 3 is 2.58 bits per heavy atom. The molecule has 0 radical (unpaired) electrons. The lowest BCUT2D eigenvalue weighted by Gasteiger charge is -2.11. The van der Waals surface area contributed by atoms with Gasteiger partial charge in [-0.1, -0.05) is 17.7 Å². The first-order chi connectivity index (χ1) is 14.8. The molecule has 0 aliphatic carbocycles. The van der Waals surface area contributed by atoms with E-state index in [1.54, 1.807) is 0 Å². The highest BCUT2D eigenvalue weighted by atomic mass is 35.5. The highest BCUT2D eigenvalue weighted by Crippen LogP contribution is 2.36. The molecule has 0 spiro atoms. The molecule has 2 N–H and O–H groups in total. The van der Waals surface area contributed by atoms with Gasteiger partial charge in [0.2, 0.25) is 5.78 Å². The molecular weight excluding hydrogens is 429 g/mol. The van der Waals surface area contributed by atoms with E-state index in [-0.39, 0.29) is 44.7 Å². The van der Waals surface area contributed by atoms with Crippen LogP contribution in [0.3, 0.4) is 0 Å². The minimum absolute atomic E-state index is 0.0248. The third kappa shape index (κ3) is 4.18. The predicted octanol–water partition coefficient (Wildman–Crippen LogP) is 3.72. The van der Waals surface area contributed by atoms with Crippen molar-refractivity contribution >= 4 is 35.1 Å². The van der Waals surface area contributed by atoms with Gasteiger partial charge in [-0.3, -0.25) is 4.79 Å². The van der Waals surface area contributed by atoms with E-state index in [0.29, 0.717) is 0 Å². The molecule has 1 unspecified atom stereocenters. The van der Waals surface area contributed by atoms with Crippen molar-refractivity contribution < 1.29 is 33.9 Å². The third-order valence-electron chi connectivity index (χ3n) is 4.49. The number of hydrogen-bond acceptors (Lipinski definition) is 6. The summed E-state index contributed by atoms with van der Waals surface area (Å²) in [6.07, 6.45) is 1.22. The Balaban J connectivity index is 1.54. The molecular formula is C22H13ClFNO6. The molecule has 31 heavy (non-hydrogen) atoms. The van der Waals surface area contributed by atoms with Crippen LogP contribution >= 0.6 is 11.6 Å². The molecule has 0 saturated heterocycles. The molecule has 3 aromatic carbocycles. The lowest BCUT2D eigenvalue weighted by atomic mass is 10.1. The van der Waals surface area contributed by atoms with Crippen molar-refractivity contribution in [2.75, 3.05) is 0 Å². The number of nitrogens with one attached hydrogen (secondary N) is 1. The van der Waals surface area contributed by atoms with Gasteiger partial charge in [0, 0.05) is 23.8 Å². The maximum atomic E-state index is 14.0. The number of hydrogen-bond donors (Lipinski definition) is 2. The fourth-order valence-electron chi connectivity index (χ4n) is 2.93. The molecule has 0 aromatic heterocycles. The van der Waals surface area contributed by atoms with Gasteiger partial charge in [0.15, 0.2) is 11.4 Å². The fourth-order valence-corrected chi connectivity index (χ4v) is 3.14. The second-order valence-electron chi connectivity index (χ2n) is 6.51. The number of Topliss-reactive ketones (excluding diaryl/α,β-unsaturated/α-hetero) is 1. The Morgan fingerprint density at radius 2 is 1.90 bits per heavy atom. The highest BCUT2D eigenvalue weighted by Gasteiger charge is 2.28. The SMILES string of the molecule is O=C(Oc1ccc2c(c1)OC(=Cc1c(F)cccc1Cl)C2=O)c1ccc([NH+]([O-])O)cc1. The molecule has 1 atom stereocenters. The number of benzene rings is 3. The molecule has 1 aliphatic rings. The van der Waals surface area contributed by atoms with E-state index < -0.39 is 22.8 Å². The Morgan fingerprint density at radius 1 is 1.16 bits per heavy atom. The molecule has 0 fully saturated rings. The number of carbonyl (C=O) groups excluding carboxylic acids is 2. The summed E-state index contributed by atoms with van der Waals surface area (Å²) < 4.78 is 24.8. The monoisotopic (exact) mass is 441 g/mol. The van der Waals surface area contributed by atoms with Crippen LogP contribution in [0.15, 0.2) is 66.4 Å². The maximum Gasteiger partial charge on any atom is 0.343 e. The zero-order chi connectivity index (χ0) is 22.1. The Bertz CT molecular complexity index is 1200. The average Bonchev–Trinajstić information content (AvgIpc) is 3.05. The minimum Gasteiger partial charge on any atom is -0.595 e. The van der Waals surface area contributed by atoms with Gasteiger partial charge in [-0.25, -0.2) is 14.4 Å². The van der Waals surface area contributed by atoms with Crippen LogP contribution in [0, 0.1) is 11.0 Å². The summed E-state index contributed by atoms with van der Waals surface area (Å²) in [5.74, 6) is -1.63. The second kappa shape index (κ2) is 8.29. The minimum atomic E-state index is -1.11. The highest BCUT2D eigenvalue weighted by molar-refractivity contribution is 6.32. The van der Waals surface area contributed by atoms with E-state index in [1.807, 2.05) is 0 Å². The predicted molar refractivity (Wildman–Crippen MR) is 108 cm³/mol. The molecule has 7 nitrogen and oxygen atoms in total. The Kier molecular flexibility index (Phi) is 5.53. The molecule has 0 saturated carbocycles. The first-order valence-electron chi connectivity index (χ1n) is 8.91. The van der Waals surface area contributed by atoms with Gasteiger partial charge in [-0.05, 0) is 42.5 Å². The lowest BCUT2D eigenvalue weighted by Crippen LogP contribution is -2.99. The number of fused-ring (bicyclic) bond motifs is 1. The van der Waals surface area contributed by atoms with E-state index in [1.165, 1.54) is 66.7 Å². The van der Waals surface area contributed by atoms with Crippen LogP contribution < -0.4 is 14.7 Å². The number of carbonyl (C=O) groups is 2. The molecule has 1 aliphatic heterocycles. The average molecular weight is 442 g/mol. The van der Waals surface area contributed by atoms with Crippen LogP contribution in [-0.2, 0) is 0 Å². The fraction of sp³-hybridized carbons (Fsp3) is 0. The van der Waals surface area contributed by atoms with E-state index in [0.717, 1.165) is 0 Å². The standard InChI is InChI=1S/C22H13ClFNO6/c23-17-2-1-3-18(24)16(17)11-20-21(26)15-9-8-14(10-19(15)31-20)30-22(27)12-4-6-13(7-5-12)25(28)29/h1-11,25,28H. The van der Waals surface area contributed by atoms with E-state index in [4.69, 9.17) is 26.3 Å². The molecule has 1 heterocycles. The summed E-state index contributed by atoms with van der Waals surface area (Å²) in [7, 11) is 0. The van der Waals surface area contributed by atoms with Gasteiger partial charge < -0.3 is 14.7 Å². The summed E-state index contributed by atoms with van der Waals surface area (Å²) in [5, 5.41) is 18.8. The zero-order valence-corrected chi connectivity index (χ0v) is 16.4. The van der Waals surface area contributed by atoms with Crippen LogP contribution in [0.1, 0.15) is 26.3 Å². The Hall–Kier alpha value is -3.56. The number of esters is 1. The third-order valence-corrected chi connectivity index (χ3v) is 4.82. The van der Waals surface area contributed by atoms with Crippen molar-refractivity contribution in [1.29, 1.82) is 0 Å². The second-order valence-corrected chi connectivity index (χ2v) is 6.91. The van der Waals surface area contributed by atoms with E-state index in [9.17, 15) is 19.2 Å². The zero-order valence-electron chi connectivity index (χ0n) is 15.6. The lowest BCUT2D eigenvalue weighted by molar-refractivity contribution is -0.991. The molecule has 4 rings (SSSR count). The smallest absolute Gasteiger partial charge is 0.343 e. The topological polar surface area (TPSA) is 100 Å². The van der Waals surface area contributed by atoms with E-state index in [2.05, 4.69) is 0 Å². The summed E-state index contributed by atoms with van der Waals surface area (Å²) in [6.45, 7) is 0. The number of rotatable bonds is 4. The summed E-state index contributed by atoms with van der Waals surface area (Å²) >= 11 is 5.99. The van der Waals surface area contributed by atoms with Crippen molar-refractivity contribution in [3.63, 3.8) is 0 Å². The summed E-state index contributed by atoms with van der Waals surface area (Å²) in [6, 6.07) is 13.6. The normalized spacial score (nSPS) is 14.8. The molecule has 156 valence electrons. The summed E-state index contributed by atoms with van der Waals surface area (Å²) in [5.41, 5.74) is 0.439. The number of ketones is 1. The van der Waals surface area contributed by atoms with Gasteiger partial charge >= 0.3 is 5.97 Å². The first-order valence-corrected chi connectivity index (χ1v) is 9.29. The number of quaternary nitrogens is 1. The van der Waals surface area contributed by atoms with Crippen molar-refractivity contribution in [1.82, 2.24) is 0 Å². The van der Waals surface area contributed by atoms with Crippen LogP contribution in [0.4, 0.5) is 10.1 Å². The van der Waals surface area contributed by atoms with Gasteiger partial charge in [0.25, 0.3) is 0 Å². The van der Waals surface area contributed by atoms with Gasteiger partial charge in [-0.2, -0.15) is 5.23 Å². The quantitative estimate of drug-likeness (QED) is 0.277. The van der Waals surface area contributed by atoms with Crippen molar-refractivity contribution in [3.05, 3.63) is 99.2 Å². The van der Waals surface area contributed by atoms with Crippen molar-refractivity contribution in [2.45, 2.75) is 0 Å². The molecule has 9 heteroatoms. The molecule has 0 amide bonds. The largest absolute Gasteiger partial charge is 0.595 e. The van der Waals surface area contributed by atoms with Crippen molar-refractivity contribution in [3.8, 4) is 11.5 Å². The number of allylic oxidation sites excluding steroid dienone is 1. The van der Waals surface area contributed by atoms with Gasteiger partial charge in [-0.15, -0.1) is 0 Å². The first kappa shape index (κ1) is 20.7. The van der Waals surface area contributed by atoms with E-state index >= 15 is 0 Å². The maximum absolute atomic E-state index is 14.0. The molecule has 0 bridgehead atoms. The number of halogens is 2. The number of ether oxygens (including phenoxy) is 2.